The number of amides is 1. The summed E-state index contributed by atoms with van der Waals surface area (Å²) in [6.07, 6.45) is 4.24. The monoisotopic (exact) mass is 376 g/mol. The van der Waals surface area contributed by atoms with Crippen molar-refractivity contribution in [3.05, 3.63) is 59.9 Å². The average Bonchev–Trinajstić information content (AvgIpc) is 3.04. The van der Waals surface area contributed by atoms with E-state index in [4.69, 9.17) is 0 Å². The second-order valence-corrected chi connectivity index (χ2v) is 7.66. The zero-order chi connectivity index (χ0) is 19.3. The van der Waals surface area contributed by atoms with Gasteiger partial charge >= 0.3 is 0 Å². The van der Waals surface area contributed by atoms with Crippen LogP contribution in [0.5, 0.6) is 0 Å². The Balaban J connectivity index is 1.28. The summed E-state index contributed by atoms with van der Waals surface area (Å²) in [4.78, 5) is 17.9. The molecule has 1 fully saturated rings. The first-order valence-electron chi connectivity index (χ1n) is 10.2. The van der Waals surface area contributed by atoms with Crippen LogP contribution in [0, 0.1) is 6.92 Å². The number of rotatable bonds is 7. The Labute approximate surface area is 166 Å². The van der Waals surface area contributed by atoms with Crippen LogP contribution in [0.3, 0.4) is 0 Å². The topological polar surface area (TPSA) is 50.2 Å². The summed E-state index contributed by atoms with van der Waals surface area (Å²) < 4.78 is 2.34. The Morgan fingerprint density at radius 1 is 1.11 bits per heavy atom. The van der Waals surface area contributed by atoms with Crippen LogP contribution in [0.25, 0.3) is 11.0 Å². The van der Waals surface area contributed by atoms with E-state index in [1.807, 2.05) is 18.2 Å². The van der Waals surface area contributed by atoms with Crippen LogP contribution < -0.4 is 5.32 Å². The molecule has 1 amide bonds. The first kappa shape index (κ1) is 18.7. The lowest BCUT2D eigenvalue weighted by Gasteiger charge is -2.32. The van der Waals surface area contributed by atoms with Gasteiger partial charge in [-0.05, 0) is 81.6 Å². The zero-order valence-corrected chi connectivity index (χ0v) is 16.5. The standard InChI is InChI=1S/C23H28N4O/c1-18-25-22-8-2-3-9-23(22)27(18)13-5-12-26-14-10-19(11-15-26)20-6-4-7-21(16-20)24-17-28/h2-4,6-9,16-17,19H,5,10-15H2,1H3,(H,24,28). The number of aryl methyl sites for hydroxylation is 2. The van der Waals surface area contributed by atoms with Crippen LogP contribution in [0.15, 0.2) is 48.5 Å². The molecular weight excluding hydrogens is 348 g/mol. The third-order valence-electron chi connectivity index (χ3n) is 5.87. The average molecular weight is 377 g/mol. The van der Waals surface area contributed by atoms with Crippen molar-refractivity contribution in [2.75, 3.05) is 25.0 Å². The van der Waals surface area contributed by atoms with Crippen molar-refractivity contribution in [2.45, 2.75) is 38.6 Å². The number of para-hydroxylation sites is 2. The molecule has 0 saturated carbocycles. The van der Waals surface area contributed by atoms with Crippen molar-refractivity contribution in [1.29, 1.82) is 0 Å². The number of anilines is 1. The predicted octanol–water partition coefficient (Wildman–Crippen LogP) is 4.18. The van der Waals surface area contributed by atoms with Crippen LogP contribution in [0.2, 0.25) is 0 Å². The molecule has 146 valence electrons. The molecule has 2 heterocycles. The third-order valence-corrected chi connectivity index (χ3v) is 5.87. The molecule has 1 aliphatic rings. The smallest absolute Gasteiger partial charge is 0.211 e. The van der Waals surface area contributed by atoms with E-state index in [2.05, 4.69) is 57.0 Å². The van der Waals surface area contributed by atoms with Gasteiger partial charge in [0.2, 0.25) is 6.41 Å². The SMILES string of the molecule is Cc1nc2ccccc2n1CCCN1CCC(c2cccc(NC=O)c2)CC1. The zero-order valence-electron chi connectivity index (χ0n) is 16.5. The van der Waals surface area contributed by atoms with Gasteiger partial charge in [-0.2, -0.15) is 0 Å². The van der Waals surface area contributed by atoms with Gasteiger partial charge in [-0.25, -0.2) is 4.98 Å². The number of imidazole rings is 1. The highest BCUT2D eigenvalue weighted by Crippen LogP contribution is 2.29. The normalized spacial score (nSPS) is 15.8. The molecular formula is C23H28N4O. The van der Waals surface area contributed by atoms with Gasteiger partial charge in [0.1, 0.15) is 5.82 Å². The fraction of sp³-hybridized carbons (Fsp3) is 0.391. The van der Waals surface area contributed by atoms with Gasteiger partial charge in [-0.1, -0.05) is 24.3 Å². The number of nitrogens with one attached hydrogen (secondary N) is 1. The molecule has 1 aliphatic heterocycles. The number of hydrogen-bond donors (Lipinski definition) is 1. The Morgan fingerprint density at radius 3 is 2.75 bits per heavy atom. The molecule has 1 saturated heterocycles. The first-order valence-corrected chi connectivity index (χ1v) is 10.2. The summed E-state index contributed by atoms with van der Waals surface area (Å²) in [7, 11) is 0. The predicted molar refractivity (Wildman–Crippen MR) is 114 cm³/mol. The number of piperidine rings is 1. The van der Waals surface area contributed by atoms with Crippen molar-refractivity contribution in [2.24, 2.45) is 0 Å². The number of benzene rings is 2. The van der Waals surface area contributed by atoms with Crippen molar-refractivity contribution in [3.8, 4) is 0 Å². The van der Waals surface area contributed by atoms with E-state index >= 15 is 0 Å². The van der Waals surface area contributed by atoms with Crippen LogP contribution in [0.4, 0.5) is 5.69 Å². The van der Waals surface area contributed by atoms with Crippen molar-refractivity contribution < 1.29 is 4.79 Å². The molecule has 28 heavy (non-hydrogen) atoms. The van der Waals surface area contributed by atoms with Gasteiger partial charge < -0.3 is 14.8 Å². The van der Waals surface area contributed by atoms with Crippen LogP contribution >= 0.6 is 0 Å². The van der Waals surface area contributed by atoms with E-state index in [1.54, 1.807) is 0 Å². The fourth-order valence-electron chi connectivity index (χ4n) is 4.37. The fourth-order valence-corrected chi connectivity index (χ4v) is 4.37. The molecule has 2 aromatic carbocycles. The number of fused-ring (bicyclic) bond motifs is 1. The van der Waals surface area contributed by atoms with Gasteiger partial charge in [0.25, 0.3) is 0 Å². The lowest BCUT2D eigenvalue weighted by molar-refractivity contribution is -0.105. The molecule has 4 rings (SSSR count). The lowest BCUT2D eigenvalue weighted by atomic mass is 9.89. The Kier molecular flexibility index (Phi) is 5.72. The minimum atomic E-state index is 0.587. The summed E-state index contributed by atoms with van der Waals surface area (Å²) in [6.45, 7) is 6.52. The van der Waals surface area contributed by atoms with E-state index in [9.17, 15) is 4.79 Å². The highest BCUT2D eigenvalue weighted by molar-refractivity contribution is 5.75. The summed E-state index contributed by atoms with van der Waals surface area (Å²) in [5.41, 5.74) is 4.56. The first-order chi connectivity index (χ1) is 13.7. The molecule has 3 aromatic rings. The molecule has 0 radical (unpaired) electrons. The lowest BCUT2D eigenvalue weighted by Crippen LogP contribution is -2.34. The molecule has 0 bridgehead atoms. The largest absolute Gasteiger partial charge is 0.329 e. The Hall–Kier alpha value is -2.66. The van der Waals surface area contributed by atoms with Gasteiger partial charge in [0.15, 0.2) is 0 Å². The summed E-state index contributed by atoms with van der Waals surface area (Å²) in [5.74, 6) is 1.69. The summed E-state index contributed by atoms with van der Waals surface area (Å²) in [5, 5.41) is 2.76. The number of hydrogen-bond acceptors (Lipinski definition) is 3. The number of carbonyl (C=O) groups is 1. The highest BCUT2D eigenvalue weighted by Gasteiger charge is 2.20. The van der Waals surface area contributed by atoms with E-state index in [0.29, 0.717) is 5.92 Å². The van der Waals surface area contributed by atoms with E-state index < -0.39 is 0 Å². The van der Waals surface area contributed by atoms with Crippen molar-refractivity contribution >= 4 is 23.1 Å². The Bertz CT molecular complexity index is 941. The van der Waals surface area contributed by atoms with Crippen LogP contribution in [0.1, 0.15) is 36.6 Å². The number of aromatic nitrogens is 2. The molecule has 1 N–H and O–H groups in total. The second-order valence-electron chi connectivity index (χ2n) is 7.66. The molecule has 0 aliphatic carbocycles. The van der Waals surface area contributed by atoms with E-state index in [0.717, 1.165) is 56.0 Å². The minimum Gasteiger partial charge on any atom is -0.329 e. The molecule has 1 aromatic heterocycles. The molecule has 0 spiro atoms. The Morgan fingerprint density at radius 2 is 1.93 bits per heavy atom. The van der Waals surface area contributed by atoms with E-state index in [1.165, 1.54) is 23.9 Å². The number of likely N-dealkylation sites (tertiary alicyclic amines) is 1. The van der Waals surface area contributed by atoms with Gasteiger partial charge in [-0.3, -0.25) is 4.79 Å². The third kappa shape index (κ3) is 4.09. The quantitative estimate of drug-likeness (QED) is 0.629. The van der Waals surface area contributed by atoms with Crippen LogP contribution in [-0.2, 0) is 11.3 Å². The van der Waals surface area contributed by atoms with Crippen molar-refractivity contribution in [3.63, 3.8) is 0 Å². The minimum absolute atomic E-state index is 0.587. The number of carbonyl (C=O) groups excluding carboxylic acids is 1. The van der Waals surface area contributed by atoms with Gasteiger partial charge in [-0.15, -0.1) is 0 Å². The maximum atomic E-state index is 10.7. The molecule has 0 atom stereocenters. The highest BCUT2D eigenvalue weighted by atomic mass is 16.1. The van der Waals surface area contributed by atoms with Crippen molar-refractivity contribution in [1.82, 2.24) is 14.5 Å². The molecule has 5 heteroatoms. The molecule has 0 unspecified atom stereocenters. The molecule has 5 nitrogen and oxygen atoms in total. The summed E-state index contributed by atoms with van der Waals surface area (Å²) in [6, 6.07) is 16.7. The van der Waals surface area contributed by atoms with Gasteiger partial charge in [0.05, 0.1) is 11.0 Å². The van der Waals surface area contributed by atoms with Crippen LogP contribution in [-0.4, -0.2) is 40.5 Å². The second kappa shape index (κ2) is 8.57. The maximum Gasteiger partial charge on any atom is 0.211 e. The van der Waals surface area contributed by atoms with E-state index in [-0.39, 0.29) is 0 Å². The van der Waals surface area contributed by atoms with Gasteiger partial charge in [0, 0.05) is 12.2 Å². The summed E-state index contributed by atoms with van der Waals surface area (Å²) >= 11 is 0. The maximum absolute atomic E-state index is 10.7. The number of nitrogens with zero attached hydrogens (tertiary/aromatic N) is 3.